The molecule has 0 spiro atoms. The first-order valence-corrected chi connectivity index (χ1v) is 7.88. The van der Waals surface area contributed by atoms with Crippen molar-refractivity contribution in [2.45, 2.75) is 19.3 Å². The van der Waals surface area contributed by atoms with Crippen LogP contribution in [0.1, 0.15) is 24.8 Å². The highest BCUT2D eigenvalue weighted by Gasteiger charge is 2.16. The Kier molecular flexibility index (Phi) is 6.52. The molecule has 1 aliphatic heterocycles. The van der Waals surface area contributed by atoms with Gasteiger partial charge in [-0.05, 0) is 31.4 Å². The number of amides is 1. The lowest BCUT2D eigenvalue weighted by atomic mass is 10.1. The van der Waals surface area contributed by atoms with Gasteiger partial charge in [-0.3, -0.25) is 4.79 Å². The molecule has 6 nitrogen and oxygen atoms in total. The highest BCUT2D eigenvalue weighted by atomic mass is 35.5. The first-order valence-electron chi connectivity index (χ1n) is 7.50. The van der Waals surface area contributed by atoms with Crippen molar-refractivity contribution in [3.05, 3.63) is 22.7 Å². The van der Waals surface area contributed by atoms with Crippen LogP contribution >= 0.6 is 11.6 Å². The van der Waals surface area contributed by atoms with E-state index >= 15 is 0 Å². The second-order valence-electron chi connectivity index (χ2n) is 5.19. The molecule has 1 saturated heterocycles. The zero-order valence-corrected chi connectivity index (χ0v) is 14.1. The maximum atomic E-state index is 11.9. The molecule has 0 aliphatic carbocycles. The zero-order chi connectivity index (χ0) is 16.7. The number of likely N-dealkylation sites (tertiary alicyclic amines) is 1. The number of ether oxygens (including phenoxy) is 2. The molecule has 0 radical (unpaired) electrons. The van der Waals surface area contributed by atoms with Crippen molar-refractivity contribution in [2.75, 3.05) is 33.9 Å². The molecule has 1 heterocycles. The van der Waals surface area contributed by atoms with Crippen LogP contribution in [0.4, 0.5) is 0 Å². The summed E-state index contributed by atoms with van der Waals surface area (Å²) in [4.78, 5) is 18.8. The first kappa shape index (κ1) is 17.4. The van der Waals surface area contributed by atoms with Gasteiger partial charge in [-0.2, -0.15) is 0 Å². The number of oxime groups is 1. The zero-order valence-electron chi connectivity index (χ0n) is 13.4. The van der Waals surface area contributed by atoms with Crippen molar-refractivity contribution >= 4 is 23.7 Å². The quantitative estimate of drug-likeness (QED) is 0.590. The average molecular weight is 341 g/mol. The number of piperidine rings is 1. The number of methoxy groups -OCH3 is 2. The van der Waals surface area contributed by atoms with E-state index in [0.29, 0.717) is 22.1 Å². The van der Waals surface area contributed by atoms with E-state index in [1.165, 1.54) is 26.9 Å². The fraction of sp³-hybridized carbons (Fsp3) is 0.500. The second kappa shape index (κ2) is 8.62. The first-order chi connectivity index (χ1) is 11.2. The fourth-order valence-corrected chi connectivity index (χ4v) is 2.73. The Bertz CT molecular complexity index is 571. The van der Waals surface area contributed by atoms with Crippen LogP contribution in [0.5, 0.6) is 11.5 Å². The van der Waals surface area contributed by atoms with E-state index in [1.807, 2.05) is 4.90 Å². The number of hydrogen-bond acceptors (Lipinski definition) is 5. The van der Waals surface area contributed by atoms with E-state index in [1.54, 1.807) is 12.1 Å². The van der Waals surface area contributed by atoms with Crippen LogP contribution < -0.4 is 9.47 Å². The van der Waals surface area contributed by atoms with Crippen molar-refractivity contribution in [2.24, 2.45) is 5.16 Å². The summed E-state index contributed by atoms with van der Waals surface area (Å²) in [6.45, 7) is 1.55. The third-order valence-corrected chi connectivity index (χ3v) is 3.91. The summed E-state index contributed by atoms with van der Waals surface area (Å²) < 4.78 is 10.4. The minimum absolute atomic E-state index is 0.0350. The third kappa shape index (κ3) is 4.76. The minimum Gasteiger partial charge on any atom is -0.493 e. The van der Waals surface area contributed by atoms with E-state index in [-0.39, 0.29) is 12.5 Å². The van der Waals surface area contributed by atoms with Gasteiger partial charge in [-0.25, -0.2) is 0 Å². The van der Waals surface area contributed by atoms with Gasteiger partial charge in [0.05, 0.1) is 25.5 Å². The van der Waals surface area contributed by atoms with Crippen molar-refractivity contribution in [3.63, 3.8) is 0 Å². The predicted molar refractivity (Wildman–Crippen MR) is 88.5 cm³/mol. The molecule has 0 aromatic heterocycles. The van der Waals surface area contributed by atoms with Gasteiger partial charge in [0.25, 0.3) is 5.91 Å². The lowest BCUT2D eigenvalue weighted by Crippen LogP contribution is -2.37. The maximum absolute atomic E-state index is 11.9. The van der Waals surface area contributed by atoms with Crippen molar-refractivity contribution < 1.29 is 19.1 Å². The summed E-state index contributed by atoms with van der Waals surface area (Å²) in [7, 11) is 3.05. The summed E-state index contributed by atoms with van der Waals surface area (Å²) in [5.41, 5.74) is 0.693. The van der Waals surface area contributed by atoms with Crippen LogP contribution in [-0.2, 0) is 9.63 Å². The van der Waals surface area contributed by atoms with E-state index in [4.69, 9.17) is 25.9 Å². The van der Waals surface area contributed by atoms with Crippen LogP contribution in [0.2, 0.25) is 5.02 Å². The Morgan fingerprint density at radius 3 is 2.65 bits per heavy atom. The van der Waals surface area contributed by atoms with Crippen LogP contribution in [0.3, 0.4) is 0 Å². The molecule has 23 heavy (non-hydrogen) atoms. The molecule has 0 saturated carbocycles. The molecular formula is C16H21ClN2O4. The molecular weight excluding hydrogens is 320 g/mol. The van der Waals surface area contributed by atoms with E-state index in [9.17, 15) is 4.79 Å². The molecule has 1 aromatic rings. The van der Waals surface area contributed by atoms with Gasteiger partial charge in [0.2, 0.25) is 0 Å². The van der Waals surface area contributed by atoms with E-state index in [2.05, 4.69) is 5.16 Å². The minimum atomic E-state index is -0.0580. The van der Waals surface area contributed by atoms with Crippen LogP contribution in [0, 0.1) is 0 Å². The molecule has 0 bridgehead atoms. The van der Waals surface area contributed by atoms with Crippen molar-refractivity contribution in [1.82, 2.24) is 4.90 Å². The van der Waals surface area contributed by atoms with Crippen LogP contribution in [0.15, 0.2) is 17.3 Å². The third-order valence-electron chi connectivity index (χ3n) is 3.63. The van der Waals surface area contributed by atoms with Gasteiger partial charge in [0.1, 0.15) is 0 Å². The number of carbonyl (C=O) groups excluding carboxylic acids is 1. The predicted octanol–water partition coefficient (Wildman–Crippen LogP) is 2.72. The lowest BCUT2D eigenvalue weighted by Gasteiger charge is -2.25. The van der Waals surface area contributed by atoms with Gasteiger partial charge in [0, 0.05) is 18.7 Å². The summed E-state index contributed by atoms with van der Waals surface area (Å²) in [5.74, 6) is 0.936. The molecule has 2 rings (SSSR count). The molecule has 1 aliphatic rings. The van der Waals surface area contributed by atoms with Gasteiger partial charge >= 0.3 is 0 Å². The fourth-order valence-electron chi connectivity index (χ4n) is 2.44. The van der Waals surface area contributed by atoms with Crippen molar-refractivity contribution in [1.29, 1.82) is 0 Å². The monoisotopic (exact) mass is 340 g/mol. The van der Waals surface area contributed by atoms with E-state index in [0.717, 1.165) is 25.9 Å². The van der Waals surface area contributed by atoms with Gasteiger partial charge < -0.3 is 19.2 Å². The molecule has 1 amide bonds. The highest BCUT2D eigenvalue weighted by molar-refractivity contribution is 6.32. The van der Waals surface area contributed by atoms with Crippen molar-refractivity contribution in [3.8, 4) is 11.5 Å². The number of hydrogen-bond donors (Lipinski definition) is 0. The lowest BCUT2D eigenvalue weighted by molar-refractivity contribution is -0.136. The highest BCUT2D eigenvalue weighted by Crippen LogP contribution is 2.35. The van der Waals surface area contributed by atoms with E-state index < -0.39 is 0 Å². The molecule has 0 N–H and O–H groups in total. The summed E-state index contributed by atoms with van der Waals surface area (Å²) >= 11 is 6.11. The molecule has 7 heteroatoms. The standard InChI is InChI=1S/C16H21ClN2O4/c1-21-14-9-12(8-13(17)16(14)22-2)10-18-23-11-15(20)19-6-4-3-5-7-19/h8-10H,3-7,11H2,1-2H3/b18-10+. The molecule has 0 atom stereocenters. The number of halogens is 1. The Morgan fingerprint density at radius 2 is 2.00 bits per heavy atom. The second-order valence-corrected chi connectivity index (χ2v) is 5.59. The summed E-state index contributed by atoms with van der Waals surface area (Å²) in [6, 6.07) is 3.41. The topological polar surface area (TPSA) is 60.4 Å². The average Bonchev–Trinajstić information content (AvgIpc) is 2.58. The largest absolute Gasteiger partial charge is 0.493 e. The van der Waals surface area contributed by atoms with Gasteiger partial charge in [-0.15, -0.1) is 0 Å². The van der Waals surface area contributed by atoms with Crippen LogP contribution in [-0.4, -0.2) is 50.9 Å². The van der Waals surface area contributed by atoms with Crippen LogP contribution in [0.25, 0.3) is 0 Å². The van der Waals surface area contributed by atoms with Gasteiger partial charge in [0.15, 0.2) is 18.1 Å². The molecule has 0 unspecified atom stereocenters. The Hall–Kier alpha value is -1.95. The molecule has 1 fully saturated rings. The summed E-state index contributed by atoms with van der Waals surface area (Å²) in [6.07, 6.45) is 4.78. The maximum Gasteiger partial charge on any atom is 0.263 e. The molecule has 126 valence electrons. The Morgan fingerprint density at radius 1 is 1.26 bits per heavy atom. The number of benzene rings is 1. The number of carbonyl (C=O) groups is 1. The SMILES string of the molecule is COc1cc(/C=N/OCC(=O)N2CCCCC2)cc(Cl)c1OC. The molecule has 1 aromatic carbocycles. The van der Waals surface area contributed by atoms with Gasteiger partial charge in [-0.1, -0.05) is 16.8 Å². The number of rotatable bonds is 6. The Labute approximate surface area is 140 Å². The summed E-state index contributed by atoms with van der Waals surface area (Å²) in [5, 5.41) is 4.24. The smallest absolute Gasteiger partial charge is 0.263 e. The Balaban J connectivity index is 1.90. The normalized spacial score (nSPS) is 14.8. The number of nitrogens with zero attached hydrogens (tertiary/aromatic N) is 2.